The Morgan fingerprint density at radius 1 is 1.08 bits per heavy atom. The Morgan fingerprint density at radius 3 is 2.50 bits per heavy atom. The summed E-state index contributed by atoms with van der Waals surface area (Å²) in [6.45, 7) is 0. The van der Waals surface area contributed by atoms with Gasteiger partial charge in [0.2, 0.25) is 5.91 Å². The molecule has 3 rings (SSSR count). The van der Waals surface area contributed by atoms with Crippen molar-refractivity contribution < 1.29 is 4.79 Å². The van der Waals surface area contributed by atoms with Crippen LogP contribution in [0.4, 0.5) is 5.69 Å². The van der Waals surface area contributed by atoms with E-state index in [1.807, 2.05) is 23.6 Å². The lowest BCUT2D eigenvalue weighted by atomic mass is 10.2. The van der Waals surface area contributed by atoms with Crippen molar-refractivity contribution >= 4 is 46.1 Å². The van der Waals surface area contributed by atoms with Crippen molar-refractivity contribution in [2.45, 2.75) is 12.8 Å². The quantitative estimate of drug-likeness (QED) is 0.662. The zero-order valence-corrected chi connectivity index (χ0v) is 15.0. The first-order valence-electron chi connectivity index (χ1n) is 7.31. The molecule has 0 aliphatic heterocycles. The Kier molecular flexibility index (Phi) is 5.51. The van der Waals surface area contributed by atoms with E-state index in [-0.39, 0.29) is 12.3 Å². The maximum absolute atomic E-state index is 12.1. The molecule has 0 aliphatic rings. The fraction of sp³-hybridized carbons (Fsp3) is 0.111. The van der Waals surface area contributed by atoms with Crippen molar-refractivity contribution in [3.8, 4) is 0 Å². The van der Waals surface area contributed by atoms with Crippen molar-refractivity contribution in [3.63, 3.8) is 0 Å². The number of hydrogen-bond acceptors (Lipinski definition) is 3. The lowest BCUT2D eigenvalue weighted by Gasteiger charge is -2.05. The number of halogens is 2. The van der Waals surface area contributed by atoms with Crippen LogP contribution in [0.3, 0.4) is 0 Å². The fourth-order valence-corrected chi connectivity index (χ4v) is 3.63. The normalized spacial score (nSPS) is 10.6. The summed E-state index contributed by atoms with van der Waals surface area (Å²) >= 11 is 13.4. The molecule has 122 valence electrons. The molecule has 0 radical (unpaired) electrons. The Bertz CT molecular complexity index is 829. The highest BCUT2D eigenvalue weighted by atomic mass is 35.5. The molecule has 24 heavy (non-hydrogen) atoms. The first kappa shape index (κ1) is 17.0. The summed E-state index contributed by atoms with van der Waals surface area (Å²) < 4.78 is 0. The average molecular weight is 377 g/mol. The number of carbonyl (C=O) groups excluding carboxylic acids is 1. The summed E-state index contributed by atoms with van der Waals surface area (Å²) in [6, 6.07) is 15.1. The second-order valence-electron chi connectivity index (χ2n) is 5.28. The number of anilines is 1. The summed E-state index contributed by atoms with van der Waals surface area (Å²) in [6.07, 6.45) is 0.993. The van der Waals surface area contributed by atoms with Crippen LogP contribution in [0.25, 0.3) is 0 Å². The predicted molar refractivity (Wildman–Crippen MR) is 100 cm³/mol. The van der Waals surface area contributed by atoms with E-state index in [2.05, 4.69) is 22.4 Å². The third kappa shape index (κ3) is 4.81. The van der Waals surface area contributed by atoms with E-state index in [1.54, 1.807) is 29.5 Å². The van der Waals surface area contributed by atoms with Crippen molar-refractivity contribution in [2.24, 2.45) is 0 Å². The molecule has 3 aromatic rings. The molecular weight excluding hydrogens is 363 g/mol. The Labute approximate surface area is 154 Å². The Morgan fingerprint density at radius 2 is 1.79 bits per heavy atom. The number of hydrogen-bond donors (Lipinski definition) is 1. The Balaban J connectivity index is 1.61. The number of benzene rings is 2. The highest BCUT2D eigenvalue weighted by Gasteiger charge is 2.09. The third-order valence-electron chi connectivity index (χ3n) is 3.29. The third-order valence-corrected chi connectivity index (χ3v) is 4.62. The number of nitrogens with one attached hydrogen (secondary N) is 1. The molecule has 0 bridgehead atoms. The minimum absolute atomic E-state index is 0.148. The van der Waals surface area contributed by atoms with Crippen molar-refractivity contribution in [1.82, 2.24) is 4.98 Å². The zero-order valence-electron chi connectivity index (χ0n) is 12.6. The molecule has 3 nitrogen and oxygen atoms in total. The van der Waals surface area contributed by atoms with Gasteiger partial charge < -0.3 is 5.32 Å². The number of amides is 1. The topological polar surface area (TPSA) is 42.0 Å². The van der Waals surface area contributed by atoms with E-state index in [4.69, 9.17) is 23.2 Å². The maximum Gasteiger partial charge on any atom is 0.230 e. The van der Waals surface area contributed by atoms with Crippen molar-refractivity contribution in [3.05, 3.63) is 80.2 Å². The minimum Gasteiger partial charge on any atom is -0.326 e. The standard InChI is InChI=1S/C18H14Cl2N2OS/c19-13-7-14(20)9-15(8-13)21-17(23)10-16-11-24-18(22-16)6-12-4-2-1-3-5-12/h1-5,7-9,11H,6,10H2,(H,21,23). The van der Waals surface area contributed by atoms with E-state index in [9.17, 15) is 4.79 Å². The molecule has 0 atom stereocenters. The Hall–Kier alpha value is -1.88. The highest BCUT2D eigenvalue weighted by Crippen LogP contribution is 2.22. The molecule has 1 aromatic heterocycles. The zero-order chi connectivity index (χ0) is 16.9. The van der Waals surface area contributed by atoms with E-state index in [1.165, 1.54) is 5.56 Å². The first-order chi connectivity index (χ1) is 11.6. The van der Waals surface area contributed by atoms with Gasteiger partial charge in [0.1, 0.15) is 0 Å². The van der Waals surface area contributed by atoms with Gasteiger partial charge in [-0.05, 0) is 23.8 Å². The number of carbonyl (C=O) groups is 1. The van der Waals surface area contributed by atoms with Crippen LogP contribution >= 0.6 is 34.5 Å². The molecular formula is C18H14Cl2N2OS. The number of aromatic nitrogens is 1. The van der Waals surface area contributed by atoms with Gasteiger partial charge in [0, 0.05) is 27.5 Å². The number of rotatable bonds is 5. The molecule has 0 saturated heterocycles. The first-order valence-corrected chi connectivity index (χ1v) is 8.95. The SMILES string of the molecule is O=C(Cc1csc(Cc2ccccc2)n1)Nc1cc(Cl)cc(Cl)c1. The molecule has 1 heterocycles. The van der Waals surface area contributed by atoms with E-state index in [0.717, 1.165) is 17.1 Å². The largest absolute Gasteiger partial charge is 0.326 e. The van der Waals surface area contributed by atoms with Crippen molar-refractivity contribution in [1.29, 1.82) is 0 Å². The minimum atomic E-state index is -0.148. The summed E-state index contributed by atoms with van der Waals surface area (Å²) in [7, 11) is 0. The summed E-state index contributed by atoms with van der Waals surface area (Å²) in [5.74, 6) is -0.148. The number of nitrogens with zero attached hydrogens (tertiary/aromatic N) is 1. The molecule has 0 aliphatic carbocycles. The molecule has 0 unspecified atom stereocenters. The molecule has 1 N–H and O–H groups in total. The van der Waals surface area contributed by atoms with E-state index in [0.29, 0.717) is 15.7 Å². The van der Waals surface area contributed by atoms with Crippen LogP contribution in [0.5, 0.6) is 0 Å². The van der Waals surface area contributed by atoms with Crippen LogP contribution in [0.2, 0.25) is 10.0 Å². The fourth-order valence-electron chi connectivity index (χ4n) is 2.28. The summed E-state index contributed by atoms with van der Waals surface area (Å²) in [4.78, 5) is 16.7. The van der Waals surface area contributed by atoms with Crippen LogP contribution in [-0.4, -0.2) is 10.9 Å². The lowest BCUT2D eigenvalue weighted by molar-refractivity contribution is -0.115. The van der Waals surface area contributed by atoms with Crippen LogP contribution < -0.4 is 5.32 Å². The van der Waals surface area contributed by atoms with Gasteiger partial charge in [-0.1, -0.05) is 53.5 Å². The van der Waals surface area contributed by atoms with Gasteiger partial charge in [-0.2, -0.15) is 0 Å². The monoisotopic (exact) mass is 376 g/mol. The maximum atomic E-state index is 12.1. The highest BCUT2D eigenvalue weighted by molar-refractivity contribution is 7.09. The van der Waals surface area contributed by atoms with Crippen LogP contribution in [0.1, 0.15) is 16.3 Å². The van der Waals surface area contributed by atoms with Gasteiger partial charge in [-0.15, -0.1) is 11.3 Å². The predicted octanol–water partition coefficient (Wildman–Crippen LogP) is 5.22. The van der Waals surface area contributed by atoms with Gasteiger partial charge in [0.15, 0.2) is 0 Å². The van der Waals surface area contributed by atoms with E-state index >= 15 is 0 Å². The summed E-state index contributed by atoms with van der Waals surface area (Å²) in [5, 5.41) is 6.67. The average Bonchev–Trinajstić information content (AvgIpc) is 2.94. The molecule has 2 aromatic carbocycles. The lowest BCUT2D eigenvalue weighted by Crippen LogP contribution is -2.14. The van der Waals surface area contributed by atoms with Gasteiger partial charge in [0.05, 0.1) is 17.1 Å². The van der Waals surface area contributed by atoms with Crippen LogP contribution in [-0.2, 0) is 17.6 Å². The number of thiazole rings is 1. The van der Waals surface area contributed by atoms with Crippen LogP contribution in [0.15, 0.2) is 53.9 Å². The van der Waals surface area contributed by atoms with Gasteiger partial charge in [-0.25, -0.2) is 4.98 Å². The molecule has 0 fully saturated rings. The van der Waals surface area contributed by atoms with Gasteiger partial charge in [0.25, 0.3) is 0 Å². The van der Waals surface area contributed by atoms with Gasteiger partial charge >= 0.3 is 0 Å². The second kappa shape index (κ2) is 7.79. The molecule has 0 spiro atoms. The molecule has 1 amide bonds. The molecule has 6 heteroatoms. The van der Waals surface area contributed by atoms with Crippen LogP contribution in [0, 0.1) is 0 Å². The van der Waals surface area contributed by atoms with Crippen molar-refractivity contribution in [2.75, 3.05) is 5.32 Å². The molecule has 0 saturated carbocycles. The van der Waals surface area contributed by atoms with Gasteiger partial charge in [-0.3, -0.25) is 4.79 Å². The smallest absolute Gasteiger partial charge is 0.230 e. The van der Waals surface area contributed by atoms with E-state index < -0.39 is 0 Å². The summed E-state index contributed by atoms with van der Waals surface area (Å²) in [5.41, 5.74) is 2.55. The second-order valence-corrected chi connectivity index (χ2v) is 7.09.